The molecule has 1 N–H and O–H groups in total. The number of hydrogen-bond donors (Lipinski definition) is 1. The Bertz CT molecular complexity index is 1270. The minimum absolute atomic E-state index is 0.0158. The number of ketones is 1. The number of hydrogen-bond acceptors (Lipinski definition) is 7. The fourth-order valence-corrected chi connectivity index (χ4v) is 4.70. The van der Waals surface area contributed by atoms with Gasteiger partial charge in [-0.3, -0.25) is 14.5 Å². The van der Waals surface area contributed by atoms with E-state index in [1.807, 2.05) is 37.3 Å². The first kappa shape index (κ1) is 23.1. The van der Waals surface area contributed by atoms with E-state index < -0.39 is 17.7 Å². The third-order valence-corrected chi connectivity index (χ3v) is 6.60. The van der Waals surface area contributed by atoms with Crippen molar-refractivity contribution in [3.63, 3.8) is 0 Å². The van der Waals surface area contributed by atoms with Crippen molar-refractivity contribution in [1.82, 2.24) is 19.6 Å². The highest BCUT2D eigenvalue weighted by Gasteiger charge is 2.47. The van der Waals surface area contributed by atoms with E-state index in [0.717, 1.165) is 18.8 Å². The van der Waals surface area contributed by atoms with Gasteiger partial charge in [-0.15, -0.1) is 0 Å². The minimum Gasteiger partial charge on any atom is -0.507 e. The number of aryl methyl sites for hydroxylation is 1. The van der Waals surface area contributed by atoms with E-state index in [1.165, 1.54) is 11.1 Å². The number of amides is 1. The van der Waals surface area contributed by atoms with Crippen LogP contribution in [0.5, 0.6) is 0 Å². The lowest BCUT2D eigenvalue weighted by Gasteiger charge is -2.30. The lowest BCUT2D eigenvalue weighted by Crippen LogP contribution is -2.42. The number of aromatic nitrogens is 2. The van der Waals surface area contributed by atoms with Gasteiger partial charge in [-0.1, -0.05) is 18.2 Å². The summed E-state index contributed by atoms with van der Waals surface area (Å²) in [6.45, 7) is 7.37. The largest absolute Gasteiger partial charge is 0.507 e. The van der Waals surface area contributed by atoms with Crippen molar-refractivity contribution in [3.05, 3.63) is 77.0 Å². The van der Waals surface area contributed by atoms with Crippen molar-refractivity contribution in [2.24, 2.45) is 0 Å². The van der Waals surface area contributed by atoms with Crippen LogP contribution < -0.4 is 0 Å². The molecule has 4 heterocycles. The van der Waals surface area contributed by atoms with E-state index in [2.05, 4.69) is 10.00 Å². The van der Waals surface area contributed by atoms with Crippen LogP contribution in [0.15, 0.2) is 58.7 Å². The monoisotopic (exact) mass is 476 g/mol. The summed E-state index contributed by atoms with van der Waals surface area (Å²) in [5, 5.41) is 15.8. The van der Waals surface area contributed by atoms with Crippen LogP contribution in [0.1, 0.15) is 28.8 Å². The van der Waals surface area contributed by atoms with Crippen molar-refractivity contribution in [2.75, 3.05) is 39.4 Å². The number of rotatable bonds is 6. The van der Waals surface area contributed by atoms with Gasteiger partial charge < -0.3 is 19.2 Å². The molecule has 0 saturated carbocycles. The van der Waals surface area contributed by atoms with E-state index in [0.29, 0.717) is 49.1 Å². The number of furan rings is 1. The molecule has 2 aromatic heterocycles. The fraction of sp³-hybridized carbons (Fsp3) is 0.346. The zero-order chi connectivity index (χ0) is 24.5. The summed E-state index contributed by atoms with van der Waals surface area (Å²) in [6.07, 6.45) is 1.52. The highest BCUT2D eigenvalue weighted by Crippen LogP contribution is 2.40. The van der Waals surface area contributed by atoms with E-state index in [4.69, 9.17) is 9.15 Å². The second-order valence-electron chi connectivity index (χ2n) is 8.79. The van der Waals surface area contributed by atoms with Crippen LogP contribution in [0.3, 0.4) is 0 Å². The SMILES string of the molecule is Cc1ccc([C@@H]2C(=C(O)c3cnn(-c4ccccc4)c3C)C(=O)C(=O)N2CCN2CCOCC2)o1. The van der Waals surface area contributed by atoms with Gasteiger partial charge in [-0.2, -0.15) is 5.10 Å². The third-order valence-electron chi connectivity index (χ3n) is 6.60. The highest BCUT2D eigenvalue weighted by molar-refractivity contribution is 6.46. The molecule has 0 bridgehead atoms. The third kappa shape index (κ3) is 4.28. The first-order valence-electron chi connectivity index (χ1n) is 11.7. The Morgan fingerprint density at radius 3 is 2.49 bits per heavy atom. The Hall–Kier alpha value is -3.69. The van der Waals surface area contributed by atoms with Crippen molar-refractivity contribution in [2.45, 2.75) is 19.9 Å². The van der Waals surface area contributed by atoms with Gasteiger partial charge in [0, 0.05) is 26.2 Å². The van der Waals surface area contributed by atoms with Crippen LogP contribution in [0.4, 0.5) is 0 Å². The first-order valence-corrected chi connectivity index (χ1v) is 11.7. The minimum atomic E-state index is -0.816. The predicted molar refractivity (Wildman–Crippen MR) is 128 cm³/mol. The zero-order valence-corrected chi connectivity index (χ0v) is 19.8. The standard InChI is InChI=1S/C26H28N4O5/c1-17-8-9-21(35-17)23-22(25(32)26(33)29(23)11-10-28-12-14-34-15-13-28)24(31)20-16-27-30(18(20)2)19-6-4-3-5-7-19/h3-9,16,23,31H,10-15H2,1-2H3/t23-/m1/s1. The second kappa shape index (κ2) is 9.52. The molecule has 9 heteroatoms. The molecular weight excluding hydrogens is 448 g/mol. The maximum atomic E-state index is 13.2. The Kier molecular flexibility index (Phi) is 6.27. The first-order chi connectivity index (χ1) is 17.0. The molecule has 2 fully saturated rings. The zero-order valence-electron chi connectivity index (χ0n) is 19.8. The summed E-state index contributed by atoms with van der Waals surface area (Å²) in [4.78, 5) is 30.1. The number of nitrogens with zero attached hydrogens (tertiary/aromatic N) is 4. The van der Waals surface area contributed by atoms with Crippen LogP contribution in [0.25, 0.3) is 11.4 Å². The van der Waals surface area contributed by atoms with Crippen LogP contribution in [0.2, 0.25) is 0 Å². The van der Waals surface area contributed by atoms with Gasteiger partial charge in [0.1, 0.15) is 23.3 Å². The van der Waals surface area contributed by atoms with E-state index in [1.54, 1.807) is 23.7 Å². The van der Waals surface area contributed by atoms with E-state index >= 15 is 0 Å². The lowest BCUT2D eigenvalue weighted by molar-refractivity contribution is -0.140. The Morgan fingerprint density at radius 2 is 1.80 bits per heavy atom. The van der Waals surface area contributed by atoms with Crippen molar-refractivity contribution >= 4 is 17.4 Å². The molecular formula is C26H28N4O5. The van der Waals surface area contributed by atoms with Gasteiger partial charge in [-0.05, 0) is 38.1 Å². The van der Waals surface area contributed by atoms with Gasteiger partial charge >= 0.3 is 0 Å². The van der Waals surface area contributed by atoms with E-state index in [-0.39, 0.29) is 11.3 Å². The van der Waals surface area contributed by atoms with Gasteiger partial charge in [0.25, 0.3) is 11.7 Å². The summed E-state index contributed by atoms with van der Waals surface area (Å²) in [6, 6.07) is 12.2. The molecule has 9 nitrogen and oxygen atoms in total. The predicted octanol–water partition coefficient (Wildman–Crippen LogP) is 2.84. The molecule has 5 rings (SSSR count). The van der Waals surface area contributed by atoms with Crippen LogP contribution in [-0.4, -0.2) is 75.8 Å². The quantitative estimate of drug-likeness (QED) is 0.332. The smallest absolute Gasteiger partial charge is 0.295 e. The number of carbonyl (C=O) groups is 2. The number of likely N-dealkylation sites (tertiary alicyclic amines) is 1. The number of carbonyl (C=O) groups excluding carboxylic acids is 2. The fourth-order valence-electron chi connectivity index (χ4n) is 4.70. The molecule has 3 aromatic rings. The maximum Gasteiger partial charge on any atom is 0.295 e. The van der Waals surface area contributed by atoms with Gasteiger partial charge in [-0.25, -0.2) is 4.68 Å². The molecule has 2 saturated heterocycles. The summed E-state index contributed by atoms with van der Waals surface area (Å²) in [5.74, 6) is -0.525. The Morgan fingerprint density at radius 1 is 1.06 bits per heavy atom. The molecule has 2 aliphatic heterocycles. The number of Topliss-reactive ketones (excluding diaryl/α,β-unsaturated/α-hetero) is 1. The lowest BCUT2D eigenvalue weighted by atomic mass is 9.99. The van der Waals surface area contributed by atoms with Gasteiger partial charge in [0.15, 0.2) is 0 Å². The summed E-state index contributed by atoms with van der Waals surface area (Å²) < 4.78 is 13.0. The Labute approximate surface area is 203 Å². The number of aliphatic hydroxyl groups is 1. The normalized spacial score (nSPS) is 20.6. The van der Waals surface area contributed by atoms with Crippen molar-refractivity contribution < 1.29 is 23.8 Å². The molecule has 0 aliphatic carbocycles. The molecule has 0 spiro atoms. The molecule has 1 amide bonds. The van der Waals surface area contributed by atoms with Crippen molar-refractivity contribution in [1.29, 1.82) is 0 Å². The number of morpholine rings is 1. The van der Waals surface area contributed by atoms with Gasteiger partial charge in [0.2, 0.25) is 0 Å². The molecule has 1 aromatic carbocycles. The van der Waals surface area contributed by atoms with Gasteiger partial charge in [0.05, 0.1) is 41.9 Å². The van der Waals surface area contributed by atoms with E-state index in [9.17, 15) is 14.7 Å². The molecule has 35 heavy (non-hydrogen) atoms. The van der Waals surface area contributed by atoms with Crippen molar-refractivity contribution in [3.8, 4) is 5.69 Å². The average Bonchev–Trinajstić information content (AvgIpc) is 3.55. The molecule has 0 unspecified atom stereocenters. The molecule has 0 radical (unpaired) electrons. The maximum absolute atomic E-state index is 13.2. The number of aliphatic hydroxyl groups excluding tert-OH is 1. The topological polar surface area (TPSA) is 101 Å². The van der Waals surface area contributed by atoms with Crippen LogP contribution >= 0.6 is 0 Å². The number of para-hydroxylation sites is 1. The molecule has 1 atom stereocenters. The summed E-state index contributed by atoms with van der Waals surface area (Å²) in [5.41, 5.74) is 1.89. The second-order valence-corrected chi connectivity index (χ2v) is 8.79. The average molecular weight is 477 g/mol. The summed E-state index contributed by atoms with van der Waals surface area (Å²) in [7, 11) is 0. The molecule has 182 valence electrons. The highest BCUT2D eigenvalue weighted by atomic mass is 16.5. The van der Waals surface area contributed by atoms with Crippen LogP contribution in [-0.2, 0) is 14.3 Å². The summed E-state index contributed by atoms with van der Waals surface area (Å²) >= 11 is 0. The molecule has 2 aliphatic rings. The number of benzene rings is 1. The van der Waals surface area contributed by atoms with Crippen LogP contribution in [0, 0.1) is 13.8 Å². The Balaban J connectivity index is 1.54. The number of ether oxygens (including phenoxy) is 1.